The molecule has 0 radical (unpaired) electrons. The Balaban J connectivity index is 2.35. The third-order valence-electron chi connectivity index (χ3n) is 1.11. The summed E-state index contributed by atoms with van der Waals surface area (Å²) >= 11 is 0. The molecule has 5 nitrogen and oxygen atoms in total. The first kappa shape index (κ1) is 8.18. The number of H-pyrrole nitrogens is 1. The Morgan fingerprint density at radius 3 is 3.33 bits per heavy atom. The van der Waals surface area contributed by atoms with Gasteiger partial charge in [0.2, 0.25) is 0 Å². The van der Waals surface area contributed by atoms with E-state index in [0.717, 1.165) is 0 Å². The van der Waals surface area contributed by atoms with Crippen molar-refractivity contribution in [2.24, 2.45) is 5.11 Å². The third kappa shape index (κ3) is 2.78. The first-order valence-electron chi connectivity index (χ1n) is 3.42. The Bertz CT molecular complexity index is 322. The molecular weight excluding hydrogens is 154 g/mol. The van der Waals surface area contributed by atoms with Crippen LogP contribution in [-0.2, 0) is 0 Å². The number of azide groups is 1. The molecule has 0 aromatic carbocycles. The fourth-order valence-corrected chi connectivity index (χ4v) is 0.630. The molecule has 0 aliphatic carbocycles. The van der Waals surface area contributed by atoms with Gasteiger partial charge in [-0.1, -0.05) is 11.0 Å². The van der Waals surface area contributed by atoms with E-state index >= 15 is 0 Å². The predicted molar refractivity (Wildman–Crippen MR) is 44.1 cm³/mol. The smallest absolute Gasteiger partial charge is 0.182 e. The van der Waals surface area contributed by atoms with Gasteiger partial charge in [0, 0.05) is 30.3 Å². The monoisotopic (exact) mass is 161 g/mol. The summed E-state index contributed by atoms with van der Waals surface area (Å²) in [6.45, 7) is 0.407. The van der Waals surface area contributed by atoms with Gasteiger partial charge < -0.3 is 4.98 Å². The molecule has 0 aliphatic rings. The highest BCUT2D eigenvalue weighted by atomic mass is 15.1. The molecular formula is C7H7N5. The van der Waals surface area contributed by atoms with Crippen molar-refractivity contribution in [1.82, 2.24) is 9.97 Å². The second kappa shape index (κ2) is 4.83. The maximum Gasteiger partial charge on any atom is 0.182 e. The SMILES string of the molecule is [N-]=[N+]=NCCC#Cc1ncc[nH]1. The van der Waals surface area contributed by atoms with Crippen molar-refractivity contribution in [3.8, 4) is 11.8 Å². The quantitative estimate of drug-likeness (QED) is 0.230. The molecule has 0 saturated heterocycles. The number of hydrogen-bond acceptors (Lipinski definition) is 2. The van der Waals surface area contributed by atoms with Crippen LogP contribution in [0, 0.1) is 11.8 Å². The molecule has 1 heterocycles. The zero-order chi connectivity index (χ0) is 8.65. The van der Waals surface area contributed by atoms with Crippen LogP contribution in [-0.4, -0.2) is 16.5 Å². The number of aromatic amines is 1. The Morgan fingerprint density at radius 2 is 2.67 bits per heavy atom. The van der Waals surface area contributed by atoms with Crippen molar-refractivity contribution in [3.63, 3.8) is 0 Å². The number of hydrogen-bond donors (Lipinski definition) is 1. The van der Waals surface area contributed by atoms with Crippen molar-refractivity contribution in [2.45, 2.75) is 6.42 Å². The molecule has 0 unspecified atom stereocenters. The number of nitrogens with zero attached hydrogens (tertiary/aromatic N) is 4. The molecule has 0 atom stereocenters. The van der Waals surface area contributed by atoms with E-state index < -0.39 is 0 Å². The van der Waals surface area contributed by atoms with Crippen LogP contribution in [0.25, 0.3) is 10.4 Å². The Labute approximate surface area is 69.5 Å². The van der Waals surface area contributed by atoms with E-state index in [1.54, 1.807) is 12.4 Å². The lowest BCUT2D eigenvalue weighted by atomic mass is 10.4. The van der Waals surface area contributed by atoms with E-state index in [-0.39, 0.29) is 0 Å². The largest absolute Gasteiger partial charge is 0.338 e. The van der Waals surface area contributed by atoms with Gasteiger partial charge in [0.15, 0.2) is 5.82 Å². The van der Waals surface area contributed by atoms with E-state index in [2.05, 4.69) is 31.8 Å². The zero-order valence-corrected chi connectivity index (χ0v) is 6.36. The number of aromatic nitrogens is 2. The van der Waals surface area contributed by atoms with Crippen LogP contribution < -0.4 is 0 Å². The molecule has 0 spiro atoms. The second-order valence-corrected chi connectivity index (χ2v) is 1.94. The highest BCUT2D eigenvalue weighted by molar-refractivity contribution is 5.19. The standard InChI is InChI=1S/C7H7N5/c8-12-11-4-2-1-3-7-9-5-6-10-7/h5-6H,2,4H2,(H,9,10). The fourth-order valence-electron chi connectivity index (χ4n) is 0.630. The van der Waals surface area contributed by atoms with Crippen molar-refractivity contribution in [3.05, 3.63) is 28.7 Å². The Hall–Kier alpha value is -1.92. The topological polar surface area (TPSA) is 77.4 Å². The Morgan fingerprint density at radius 1 is 1.75 bits per heavy atom. The van der Waals surface area contributed by atoms with Crippen molar-refractivity contribution in [1.29, 1.82) is 0 Å². The molecule has 12 heavy (non-hydrogen) atoms. The summed E-state index contributed by atoms with van der Waals surface area (Å²) in [6.07, 6.45) is 3.90. The van der Waals surface area contributed by atoms with Gasteiger partial charge in [0.1, 0.15) is 0 Å². The molecule has 0 amide bonds. The summed E-state index contributed by atoms with van der Waals surface area (Å²) in [5, 5.41) is 3.34. The van der Waals surface area contributed by atoms with Crippen LogP contribution in [0.5, 0.6) is 0 Å². The molecule has 0 saturated carbocycles. The average Bonchev–Trinajstić information content (AvgIpc) is 2.57. The second-order valence-electron chi connectivity index (χ2n) is 1.94. The normalized spacial score (nSPS) is 8.00. The molecule has 1 aromatic heterocycles. The van der Waals surface area contributed by atoms with Crippen molar-refractivity contribution < 1.29 is 0 Å². The summed E-state index contributed by atoms with van der Waals surface area (Å²) in [5.74, 6) is 6.23. The minimum Gasteiger partial charge on any atom is -0.338 e. The first-order chi connectivity index (χ1) is 5.93. The van der Waals surface area contributed by atoms with Crippen molar-refractivity contribution >= 4 is 0 Å². The van der Waals surface area contributed by atoms with E-state index in [4.69, 9.17) is 5.53 Å². The van der Waals surface area contributed by atoms with Crippen LogP contribution in [0.2, 0.25) is 0 Å². The van der Waals surface area contributed by atoms with E-state index in [1.165, 1.54) is 0 Å². The van der Waals surface area contributed by atoms with Crippen LogP contribution in [0.4, 0.5) is 0 Å². The molecule has 1 rings (SSSR count). The molecule has 1 aromatic rings. The van der Waals surface area contributed by atoms with Crippen LogP contribution in [0.1, 0.15) is 12.2 Å². The summed E-state index contributed by atoms with van der Waals surface area (Å²) in [6, 6.07) is 0. The predicted octanol–water partition coefficient (Wildman–Crippen LogP) is 1.46. The van der Waals surface area contributed by atoms with E-state index in [9.17, 15) is 0 Å². The zero-order valence-electron chi connectivity index (χ0n) is 6.36. The number of rotatable bonds is 2. The molecule has 5 heteroatoms. The average molecular weight is 161 g/mol. The maximum atomic E-state index is 7.94. The maximum absolute atomic E-state index is 7.94. The van der Waals surface area contributed by atoms with E-state index in [0.29, 0.717) is 18.8 Å². The summed E-state index contributed by atoms with van der Waals surface area (Å²) in [7, 11) is 0. The van der Waals surface area contributed by atoms with Crippen LogP contribution in [0.3, 0.4) is 0 Å². The lowest BCUT2D eigenvalue weighted by Crippen LogP contribution is -1.77. The van der Waals surface area contributed by atoms with Gasteiger partial charge in [0.05, 0.1) is 0 Å². The molecule has 0 fully saturated rings. The van der Waals surface area contributed by atoms with Gasteiger partial charge in [-0.25, -0.2) is 4.98 Å². The van der Waals surface area contributed by atoms with Crippen molar-refractivity contribution in [2.75, 3.05) is 6.54 Å². The summed E-state index contributed by atoms with van der Waals surface area (Å²) < 4.78 is 0. The van der Waals surface area contributed by atoms with Gasteiger partial charge >= 0.3 is 0 Å². The van der Waals surface area contributed by atoms with Gasteiger partial charge in [-0.15, -0.1) is 0 Å². The van der Waals surface area contributed by atoms with Crippen LogP contribution in [0.15, 0.2) is 17.5 Å². The highest BCUT2D eigenvalue weighted by Crippen LogP contribution is 1.84. The van der Waals surface area contributed by atoms with Gasteiger partial charge in [-0.2, -0.15) is 0 Å². The van der Waals surface area contributed by atoms with Crippen LogP contribution >= 0.6 is 0 Å². The molecule has 0 aliphatic heterocycles. The third-order valence-corrected chi connectivity index (χ3v) is 1.11. The minimum absolute atomic E-state index is 0.407. The van der Waals surface area contributed by atoms with Gasteiger partial charge in [0.25, 0.3) is 0 Å². The fraction of sp³-hybridized carbons (Fsp3) is 0.286. The molecule has 1 N–H and O–H groups in total. The molecule has 60 valence electrons. The first-order valence-corrected chi connectivity index (χ1v) is 3.42. The van der Waals surface area contributed by atoms with Gasteiger partial charge in [-0.05, 0) is 11.5 Å². The highest BCUT2D eigenvalue weighted by Gasteiger charge is 1.82. The lowest BCUT2D eigenvalue weighted by Gasteiger charge is -1.78. The number of nitrogens with one attached hydrogen (secondary N) is 1. The lowest BCUT2D eigenvalue weighted by molar-refractivity contribution is 1.01. The molecule has 0 bridgehead atoms. The van der Waals surface area contributed by atoms with E-state index in [1.807, 2.05) is 0 Å². The summed E-state index contributed by atoms with van der Waals surface area (Å²) in [5.41, 5.74) is 7.94. The Kier molecular flexibility index (Phi) is 3.29. The summed E-state index contributed by atoms with van der Waals surface area (Å²) in [4.78, 5) is 9.35. The minimum atomic E-state index is 0.407. The number of imidazole rings is 1. The van der Waals surface area contributed by atoms with Gasteiger partial charge in [-0.3, -0.25) is 0 Å².